The highest BCUT2D eigenvalue weighted by Crippen LogP contribution is 2.23. The van der Waals surface area contributed by atoms with Crippen molar-refractivity contribution in [1.29, 1.82) is 0 Å². The monoisotopic (exact) mass is 360 g/mol. The highest BCUT2D eigenvalue weighted by molar-refractivity contribution is 5.82. The van der Waals surface area contributed by atoms with Gasteiger partial charge in [-0.15, -0.1) is 0 Å². The van der Waals surface area contributed by atoms with Crippen LogP contribution in [0.3, 0.4) is 0 Å². The average Bonchev–Trinajstić information content (AvgIpc) is 2.82. The number of amides is 2. The van der Waals surface area contributed by atoms with E-state index in [0.29, 0.717) is 26.1 Å². The minimum Gasteiger partial charge on any atom is -0.496 e. The van der Waals surface area contributed by atoms with Crippen molar-refractivity contribution in [2.45, 2.75) is 47.5 Å². The molecule has 0 N–H and O–H groups in total. The van der Waals surface area contributed by atoms with Crippen molar-refractivity contribution >= 4 is 11.8 Å². The fraction of sp³-hybridized carbons (Fsp3) is 0.619. The smallest absolute Gasteiger partial charge is 0.228 e. The molecule has 26 heavy (non-hydrogen) atoms. The van der Waals surface area contributed by atoms with Crippen molar-refractivity contribution in [1.82, 2.24) is 9.80 Å². The predicted octanol–water partition coefficient (Wildman–Crippen LogP) is 2.96. The minimum absolute atomic E-state index is 0.128. The molecule has 0 aromatic heterocycles. The van der Waals surface area contributed by atoms with E-state index in [1.807, 2.05) is 56.6 Å². The molecule has 0 radical (unpaired) electrons. The summed E-state index contributed by atoms with van der Waals surface area (Å²) >= 11 is 0. The number of nitrogens with zero attached hydrogens (tertiary/aromatic N) is 2. The minimum atomic E-state index is -0.378. The number of carbonyl (C=O) groups is 2. The average molecular weight is 360 g/mol. The zero-order valence-electron chi connectivity index (χ0n) is 17.0. The number of benzene rings is 1. The standard InChI is InChI=1S/C21H32N2O3/c1-15-13-18(26-6)16(2)12-17(15)14-19(24)22-8-7-9-23(11-10-22)20(25)21(3,4)5/h12-13H,7-11,14H2,1-6H3. The summed E-state index contributed by atoms with van der Waals surface area (Å²) in [6, 6.07) is 4.03. The van der Waals surface area contributed by atoms with Gasteiger partial charge in [0, 0.05) is 31.6 Å². The van der Waals surface area contributed by atoms with E-state index in [1.54, 1.807) is 7.11 Å². The molecule has 1 aliphatic heterocycles. The zero-order chi connectivity index (χ0) is 19.5. The Bertz CT molecular complexity index is 677. The van der Waals surface area contributed by atoms with Crippen LogP contribution in [0.4, 0.5) is 0 Å². The molecule has 2 amide bonds. The Labute approximate surface area is 157 Å². The molecule has 1 aromatic rings. The molecule has 1 aliphatic rings. The van der Waals surface area contributed by atoms with Crippen molar-refractivity contribution < 1.29 is 14.3 Å². The first-order valence-electron chi connectivity index (χ1n) is 9.34. The van der Waals surface area contributed by atoms with Gasteiger partial charge in [-0.25, -0.2) is 0 Å². The number of carbonyl (C=O) groups excluding carboxylic acids is 2. The highest BCUT2D eigenvalue weighted by Gasteiger charge is 2.29. The number of aryl methyl sites for hydroxylation is 2. The molecule has 0 atom stereocenters. The van der Waals surface area contributed by atoms with Gasteiger partial charge >= 0.3 is 0 Å². The summed E-state index contributed by atoms with van der Waals surface area (Å²) in [6.45, 7) is 12.5. The van der Waals surface area contributed by atoms with E-state index in [0.717, 1.165) is 35.4 Å². The van der Waals surface area contributed by atoms with Crippen molar-refractivity contribution in [3.05, 3.63) is 28.8 Å². The Morgan fingerprint density at radius 2 is 1.62 bits per heavy atom. The quantitative estimate of drug-likeness (QED) is 0.833. The van der Waals surface area contributed by atoms with E-state index in [-0.39, 0.29) is 17.2 Å². The highest BCUT2D eigenvalue weighted by atomic mass is 16.5. The van der Waals surface area contributed by atoms with E-state index < -0.39 is 0 Å². The molecule has 0 aliphatic carbocycles. The second-order valence-corrected chi connectivity index (χ2v) is 8.20. The second-order valence-electron chi connectivity index (χ2n) is 8.20. The SMILES string of the molecule is COc1cc(C)c(CC(=O)N2CCCN(C(=O)C(C)(C)C)CC2)cc1C. The third-order valence-corrected chi connectivity index (χ3v) is 4.97. The zero-order valence-corrected chi connectivity index (χ0v) is 17.0. The predicted molar refractivity (Wildman–Crippen MR) is 103 cm³/mol. The van der Waals surface area contributed by atoms with Crippen molar-refractivity contribution in [2.24, 2.45) is 5.41 Å². The molecule has 1 heterocycles. The largest absolute Gasteiger partial charge is 0.496 e. The molecule has 0 bridgehead atoms. The van der Waals surface area contributed by atoms with Gasteiger partial charge in [0.15, 0.2) is 0 Å². The molecule has 5 heteroatoms. The van der Waals surface area contributed by atoms with Crippen LogP contribution < -0.4 is 4.74 Å². The fourth-order valence-corrected chi connectivity index (χ4v) is 3.38. The number of ether oxygens (including phenoxy) is 1. The Hall–Kier alpha value is -2.04. The van der Waals surface area contributed by atoms with Gasteiger partial charge in [0.25, 0.3) is 0 Å². The molecule has 5 nitrogen and oxygen atoms in total. The molecule has 0 spiro atoms. The third-order valence-electron chi connectivity index (χ3n) is 4.97. The number of hydrogen-bond donors (Lipinski definition) is 0. The Morgan fingerprint density at radius 3 is 2.23 bits per heavy atom. The summed E-state index contributed by atoms with van der Waals surface area (Å²) in [5.74, 6) is 1.14. The number of methoxy groups -OCH3 is 1. The topological polar surface area (TPSA) is 49.9 Å². The lowest BCUT2D eigenvalue weighted by Gasteiger charge is -2.28. The lowest BCUT2D eigenvalue weighted by Crippen LogP contribution is -2.42. The van der Waals surface area contributed by atoms with Crippen molar-refractivity contribution in [3.63, 3.8) is 0 Å². The summed E-state index contributed by atoms with van der Waals surface area (Å²) in [5, 5.41) is 0. The molecular formula is C21H32N2O3. The van der Waals surface area contributed by atoms with Crippen molar-refractivity contribution in [3.8, 4) is 5.75 Å². The van der Waals surface area contributed by atoms with Gasteiger partial charge in [0.2, 0.25) is 11.8 Å². The molecule has 1 aromatic carbocycles. The van der Waals surface area contributed by atoms with E-state index in [1.165, 1.54) is 0 Å². The molecule has 144 valence electrons. The third kappa shape index (κ3) is 4.77. The first-order chi connectivity index (χ1) is 12.1. The first-order valence-corrected chi connectivity index (χ1v) is 9.34. The van der Waals surface area contributed by atoms with Crippen LogP contribution in [-0.2, 0) is 16.0 Å². The maximum Gasteiger partial charge on any atom is 0.228 e. The summed E-state index contributed by atoms with van der Waals surface area (Å²) in [4.78, 5) is 29.1. The summed E-state index contributed by atoms with van der Waals surface area (Å²) in [7, 11) is 1.66. The Morgan fingerprint density at radius 1 is 1.00 bits per heavy atom. The van der Waals surface area contributed by atoms with Gasteiger partial charge in [-0.3, -0.25) is 9.59 Å². The fourth-order valence-electron chi connectivity index (χ4n) is 3.38. The lowest BCUT2D eigenvalue weighted by atomic mass is 9.94. The summed E-state index contributed by atoms with van der Waals surface area (Å²) in [5.41, 5.74) is 2.77. The van der Waals surface area contributed by atoms with E-state index in [4.69, 9.17) is 4.74 Å². The number of hydrogen-bond acceptors (Lipinski definition) is 3. The van der Waals surface area contributed by atoms with Gasteiger partial charge in [-0.05, 0) is 43.0 Å². The van der Waals surface area contributed by atoms with Crippen LogP contribution in [0.25, 0.3) is 0 Å². The summed E-state index contributed by atoms with van der Waals surface area (Å²) < 4.78 is 5.35. The van der Waals surface area contributed by atoms with E-state index in [2.05, 4.69) is 0 Å². The van der Waals surface area contributed by atoms with E-state index >= 15 is 0 Å². The van der Waals surface area contributed by atoms with Gasteiger partial charge in [-0.1, -0.05) is 26.8 Å². The molecule has 0 unspecified atom stereocenters. The number of rotatable bonds is 3. The lowest BCUT2D eigenvalue weighted by molar-refractivity contribution is -0.139. The van der Waals surface area contributed by atoms with Crippen LogP contribution in [0.5, 0.6) is 5.75 Å². The van der Waals surface area contributed by atoms with Crippen LogP contribution in [0.1, 0.15) is 43.9 Å². The molecule has 2 rings (SSSR count). The van der Waals surface area contributed by atoms with Gasteiger partial charge in [0.05, 0.1) is 13.5 Å². The van der Waals surface area contributed by atoms with E-state index in [9.17, 15) is 9.59 Å². The normalized spacial score (nSPS) is 15.6. The Kier molecular flexibility index (Phi) is 6.32. The maximum atomic E-state index is 12.8. The molecule has 1 saturated heterocycles. The van der Waals surface area contributed by atoms with Gasteiger partial charge in [-0.2, -0.15) is 0 Å². The van der Waals surface area contributed by atoms with Crippen LogP contribution in [-0.4, -0.2) is 54.9 Å². The van der Waals surface area contributed by atoms with Crippen LogP contribution in [0, 0.1) is 19.3 Å². The molecular weight excluding hydrogens is 328 g/mol. The molecule has 0 saturated carbocycles. The van der Waals surface area contributed by atoms with Gasteiger partial charge in [0.1, 0.15) is 5.75 Å². The first kappa shape index (κ1) is 20.3. The van der Waals surface area contributed by atoms with Gasteiger partial charge < -0.3 is 14.5 Å². The maximum absolute atomic E-state index is 12.8. The second kappa shape index (κ2) is 8.11. The summed E-state index contributed by atoms with van der Waals surface area (Å²) in [6.07, 6.45) is 1.22. The van der Waals surface area contributed by atoms with Crippen LogP contribution in [0.15, 0.2) is 12.1 Å². The molecule has 1 fully saturated rings. The van der Waals surface area contributed by atoms with Crippen molar-refractivity contribution in [2.75, 3.05) is 33.3 Å². The van der Waals surface area contributed by atoms with Crippen LogP contribution >= 0.6 is 0 Å². The Balaban J connectivity index is 2.03. The van der Waals surface area contributed by atoms with Crippen LogP contribution in [0.2, 0.25) is 0 Å².